The van der Waals surface area contributed by atoms with Gasteiger partial charge in [0, 0.05) is 24.2 Å². The molecule has 0 aliphatic heterocycles. The van der Waals surface area contributed by atoms with Gasteiger partial charge in [-0.15, -0.1) is 0 Å². The van der Waals surface area contributed by atoms with Crippen LogP contribution >= 0.6 is 15.9 Å². The molecule has 3 rings (SSSR count). The third-order valence-electron chi connectivity index (χ3n) is 4.20. The standard InChI is InChI=1S/C18H20BrNO/c1-21-18-11-15(9-10-17(18)19)20-12-14-7-4-6-13-5-2-3-8-16(13)14/h2-3,5,8-11,14,20H,4,6-7,12H2,1H3. The van der Waals surface area contributed by atoms with E-state index in [4.69, 9.17) is 4.74 Å². The number of halogens is 1. The van der Waals surface area contributed by atoms with Crippen molar-refractivity contribution in [1.29, 1.82) is 0 Å². The van der Waals surface area contributed by atoms with Gasteiger partial charge in [0.2, 0.25) is 0 Å². The van der Waals surface area contributed by atoms with Crippen LogP contribution in [0.3, 0.4) is 0 Å². The van der Waals surface area contributed by atoms with Crippen LogP contribution in [-0.2, 0) is 6.42 Å². The van der Waals surface area contributed by atoms with Gasteiger partial charge in [-0.3, -0.25) is 0 Å². The van der Waals surface area contributed by atoms with E-state index in [-0.39, 0.29) is 0 Å². The first kappa shape index (κ1) is 14.5. The number of fused-ring (bicyclic) bond motifs is 1. The molecule has 1 atom stereocenters. The molecule has 110 valence electrons. The molecule has 0 fully saturated rings. The van der Waals surface area contributed by atoms with Crippen LogP contribution in [0.25, 0.3) is 0 Å². The Morgan fingerprint density at radius 2 is 2.10 bits per heavy atom. The first-order valence-electron chi connectivity index (χ1n) is 7.43. The van der Waals surface area contributed by atoms with Crippen LogP contribution in [0.15, 0.2) is 46.9 Å². The molecule has 1 aliphatic carbocycles. The zero-order valence-electron chi connectivity index (χ0n) is 12.2. The predicted molar refractivity (Wildman–Crippen MR) is 91.3 cm³/mol. The average molecular weight is 346 g/mol. The minimum absolute atomic E-state index is 0.601. The molecule has 0 spiro atoms. The van der Waals surface area contributed by atoms with E-state index in [1.54, 1.807) is 7.11 Å². The third kappa shape index (κ3) is 3.24. The molecule has 0 radical (unpaired) electrons. The van der Waals surface area contributed by atoms with Gasteiger partial charge in [-0.05, 0) is 58.5 Å². The lowest BCUT2D eigenvalue weighted by Gasteiger charge is -2.26. The molecule has 1 unspecified atom stereocenters. The molecule has 1 aliphatic rings. The van der Waals surface area contributed by atoms with Crippen molar-refractivity contribution in [3.05, 3.63) is 58.1 Å². The Labute approximate surface area is 134 Å². The van der Waals surface area contributed by atoms with Crippen LogP contribution in [0.2, 0.25) is 0 Å². The molecule has 0 amide bonds. The maximum atomic E-state index is 5.35. The molecule has 0 bridgehead atoms. The number of benzene rings is 2. The van der Waals surface area contributed by atoms with E-state index in [1.165, 1.54) is 30.4 Å². The van der Waals surface area contributed by atoms with Gasteiger partial charge in [-0.2, -0.15) is 0 Å². The Kier molecular flexibility index (Phi) is 4.49. The summed E-state index contributed by atoms with van der Waals surface area (Å²) in [4.78, 5) is 0. The normalized spacial score (nSPS) is 17.1. The number of rotatable bonds is 4. The smallest absolute Gasteiger partial charge is 0.135 e. The highest BCUT2D eigenvalue weighted by Gasteiger charge is 2.19. The lowest BCUT2D eigenvalue weighted by atomic mass is 9.83. The number of ether oxygens (including phenoxy) is 1. The first-order valence-corrected chi connectivity index (χ1v) is 8.22. The van der Waals surface area contributed by atoms with Gasteiger partial charge >= 0.3 is 0 Å². The lowest BCUT2D eigenvalue weighted by Crippen LogP contribution is -2.18. The zero-order chi connectivity index (χ0) is 14.7. The van der Waals surface area contributed by atoms with E-state index in [2.05, 4.69) is 51.6 Å². The van der Waals surface area contributed by atoms with Crippen molar-refractivity contribution in [2.75, 3.05) is 19.0 Å². The van der Waals surface area contributed by atoms with Crippen molar-refractivity contribution in [1.82, 2.24) is 0 Å². The fourth-order valence-corrected chi connectivity index (χ4v) is 3.49. The quantitative estimate of drug-likeness (QED) is 0.842. The van der Waals surface area contributed by atoms with Gasteiger partial charge in [0.1, 0.15) is 5.75 Å². The van der Waals surface area contributed by atoms with Crippen molar-refractivity contribution < 1.29 is 4.74 Å². The number of hydrogen-bond donors (Lipinski definition) is 1. The molecule has 0 aromatic heterocycles. The Morgan fingerprint density at radius 3 is 2.95 bits per heavy atom. The van der Waals surface area contributed by atoms with Crippen LogP contribution in [-0.4, -0.2) is 13.7 Å². The predicted octanol–water partition coefficient (Wildman–Crippen LogP) is 4.99. The summed E-state index contributed by atoms with van der Waals surface area (Å²) < 4.78 is 6.33. The van der Waals surface area contributed by atoms with Crippen LogP contribution in [0.1, 0.15) is 29.9 Å². The Bertz CT molecular complexity index is 626. The molecule has 2 aromatic rings. The highest BCUT2D eigenvalue weighted by Crippen LogP contribution is 2.32. The number of aryl methyl sites for hydroxylation is 1. The minimum Gasteiger partial charge on any atom is -0.495 e. The summed E-state index contributed by atoms with van der Waals surface area (Å²) in [5.41, 5.74) is 4.14. The van der Waals surface area contributed by atoms with Crippen LogP contribution in [0.5, 0.6) is 5.75 Å². The van der Waals surface area contributed by atoms with E-state index < -0.39 is 0 Å². The summed E-state index contributed by atoms with van der Waals surface area (Å²) in [6.45, 7) is 0.974. The van der Waals surface area contributed by atoms with E-state index in [0.717, 1.165) is 22.5 Å². The molecule has 3 heteroatoms. The van der Waals surface area contributed by atoms with Gasteiger partial charge in [0.15, 0.2) is 0 Å². The maximum Gasteiger partial charge on any atom is 0.135 e. The number of methoxy groups -OCH3 is 1. The summed E-state index contributed by atoms with van der Waals surface area (Å²) in [6.07, 6.45) is 3.77. The Morgan fingerprint density at radius 1 is 1.24 bits per heavy atom. The van der Waals surface area contributed by atoms with Crippen LogP contribution in [0, 0.1) is 0 Å². The molecule has 0 heterocycles. The highest BCUT2D eigenvalue weighted by atomic mass is 79.9. The molecule has 0 saturated carbocycles. The summed E-state index contributed by atoms with van der Waals surface area (Å²) in [6, 6.07) is 15.0. The second kappa shape index (κ2) is 6.52. The van der Waals surface area contributed by atoms with Crippen molar-refractivity contribution >= 4 is 21.6 Å². The molecule has 2 aromatic carbocycles. The fourth-order valence-electron chi connectivity index (χ4n) is 3.08. The lowest BCUT2D eigenvalue weighted by molar-refractivity contribution is 0.412. The Balaban J connectivity index is 1.71. The summed E-state index contributed by atoms with van der Waals surface area (Å²) >= 11 is 3.49. The van der Waals surface area contributed by atoms with E-state index >= 15 is 0 Å². The minimum atomic E-state index is 0.601. The summed E-state index contributed by atoms with van der Waals surface area (Å²) in [7, 11) is 1.70. The number of anilines is 1. The number of nitrogens with one attached hydrogen (secondary N) is 1. The molecule has 2 nitrogen and oxygen atoms in total. The summed E-state index contributed by atoms with van der Waals surface area (Å²) in [5.74, 6) is 1.47. The molecular formula is C18H20BrNO. The monoisotopic (exact) mass is 345 g/mol. The van der Waals surface area contributed by atoms with Crippen LogP contribution in [0.4, 0.5) is 5.69 Å². The van der Waals surface area contributed by atoms with Gasteiger partial charge in [-0.1, -0.05) is 24.3 Å². The van der Waals surface area contributed by atoms with E-state index in [9.17, 15) is 0 Å². The highest BCUT2D eigenvalue weighted by molar-refractivity contribution is 9.10. The molecule has 0 saturated heterocycles. The van der Waals surface area contributed by atoms with Crippen molar-refractivity contribution in [2.45, 2.75) is 25.2 Å². The second-order valence-electron chi connectivity index (χ2n) is 5.52. The van der Waals surface area contributed by atoms with E-state index in [0.29, 0.717) is 5.92 Å². The van der Waals surface area contributed by atoms with Gasteiger partial charge in [0.05, 0.1) is 11.6 Å². The van der Waals surface area contributed by atoms with Crippen molar-refractivity contribution in [3.63, 3.8) is 0 Å². The largest absolute Gasteiger partial charge is 0.495 e. The third-order valence-corrected chi connectivity index (χ3v) is 4.85. The second-order valence-corrected chi connectivity index (χ2v) is 6.37. The van der Waals surface area contributed by atoms with E-state index in [1.807, 2.05) is 12.1 Å². The number of hydrogen-bond acceptors (Lipinski definition) is 2. The van der Waals surface area contributed by atoms with Crippen molar-refractivity contribution in [2.24, 2.45) is 0 Å². The van der Waals surface area contributed by atoms with Crippen LogP contribution < -0.4 is 10.1 Å². The summed E-state index contributed by atoms with van der Waals surface area (Å²) in [5, 5.41) is 3.56. The Hall–Kier alpha value is -1.48. The topological polar surface area (TPSA) is 21.3 Å². The van der Waals surface area contributed by atoms with Gasteiger partial charge < -0.3 is 10.1 Å². The molecule has 21 heavy (non-hydrogen) atoms. The molecule has 1 N–H and O–H groups in total. The SMILES string of the molecule is COc1cc(NCC2CCCc3ccccc32)ccc1Br. The zero-order valence-corrected chi connectivity index (χ0v) is 13.8. The van der Waals surface area contributed by atoms with Crippen molar-refractivity contribution in [3.8, 4) is 5.75 Å². The maximum absolute atomic E-state index is 5.35. The first-order chi connectivity index (χ1) is 10.3. The average Bonchev–Trinajstić information content (AvgIpc) is 2.54. The molecular weight excluding hydrogens is 326 g/mol. The fraction of sp³-hybridized carbons (Fsp3) is 0.333. The van der Waals surface area contributed by atoms with Gasteiger partial charge in [0.25, 0.3) is 0 Å². The van der Waals surface area contributed by atoms with Gasteiger partial charge in [-0.25, -0.2) is 0 Å².